The molecule has 84 valence electrons. The Morgan fingerprint density at radius 2 is 2.25 bits per heavy atom. The number of hydrogen-bond acceptors (Lipinski definition) is 3. The van der Waals surface area contributed by atoms with E-state index in [1.54, 1.807) is 6.20 Å². The Balaban J connectivity index is 2.02. The molecule has 2 rings (SSSR count). The van der Waals surface area contributed by atoms with Crippen LogP contribution in [0.3, 0.4) is 0 Å². The van der Waals surface area contributed by atoms with Crippen molar-refractivity contribution in [1.82, 2.24) is 14.5 Å². The van der Waals surface area contributed by atoms with Gasteiger partial charge in [-0.15, -0.1) is 0 Å². The number of pyridine rings is 1. The van der Waals surface area contributed by atoms with E-state index in [2.05, 4.69) is 20.6 Å². The lowest BCUT2D eigenvalue weighted by Crippen LogP contribution is -2.12. The quantitative estimate of drug-likeness (QED) is 0.843. The second kappa shape index (κ2) is 4.90. The van der Waals surface area contributed by atoms with Gasteiger partial charge in [0.2, 0.25) is 0 Å². The Hall–Kier alpha value is -1.68. The maximum absolute atomic E-state index is 5.85. The van der Waals surface area contributed by atoms with Crippen molar-refractivity contribution in [2.45, 2.75) is 25.9 Å². The van der Waals surface area contributed by atoms with Crippen molar-refractivity contribution in [3.05, 3.63) is 48.3 Å². The molecule has 0 spiro atoms. The summed E-state index contributed by atoms with van der Waals surface area (Å²) in [7, 11) is 0. The fourth-order valence-electron chi connectivity index (χ4n) is 1.69. The first-order valence-corrected chi connectivity index (χ1v) is 5.42. The largest absolute Gasteiger partial charge is 0.333 e. The average molecular weight is 216 g/mol. The van der Waals surface area contributed by atoms with Crippen LogP contribution >= 0.6 is 0 Å². The summed E-state index contributed by atoms with van der Waals surface area (Å²) in [6, 6.07) is 4.06. The Labute approximate surface area is 95.1 Å². The number of hydrogen-bond donors (Lipinski definition) is 1. The predicted molar refractivity (Wildman–Crippen MR) is 62.8 cm³/mol. The van der Waals surface area contributed by atoms with Crippen LogP contribution in [0.5, 0.6) is 0 Å². The third-order valence-electron chi connectivity index (χ3n) is 2.58. The zero-order valence-electron chi connectivity index (χ0n) is 9.37. The van der Waals surface area contributed by atoms with Gasteiger partial charge in [0, 0.05) is 31.2 Å². The third kappa shape index (κ3) is 2.46. The average Bonchev–Trinajstić information content (AvgIpc) is 2.76. The van der Waals surface area contributed by atoms with Gasteiger partial charge in [-0.3, -0.25) is 4.98 Å². The monoisotopic (exact) mass is 216 g/mol. The lowest BCUT2D eigenvalue weighted by atomic mass is 10.2. The zero-order chi connectivity index (χ0) is 11.4. The summed E-state index contributed by atoms with van der Waals surface area (Å²) in [4.78, 5) is 8.22. The molecule has 1 atom stereocenters. The molecule has 4 heteroatoms. The molecular weight excluding hydrogens is 200 g/mol. The van der Waals surface area contributed by atoms with Crippen molar-refractivity contribution < 1.29 is 0 Å². The first-order chi connectivity index (χ1) is 7.77. The van der Waals surface area contributed by atoms with Crippen molar-refractivity contribution in [1.29, 1.82) is 0 Å². The van der Waals surface area contributed by atoms with E-state index in [1.165, 1.54) is 5.56 Å². The molecule has 0 bridgehead atoms. The maximum atomic E-state index is 5.85. The highest BCUT2D eigenvalue weighted by atomic mass is 15.1. The fraction of sp³-hybridized carbons (Fsp3) is 0.333. The number of aryl methyl sites for hydroxylation is 2. The van der Waals surface area contributed by atoms with Crippen LogP contribution in [0.1, 0.15) is 24.2 Å². The van der Waals surface area contributed by atoms with Crippen LogP contribution < -0.4 is 5.73 Å². The molecule has 4 nitrogen and oxygen atoms in total. The number of nitrogens with zero attached hydrogens (tertiary/aromatic N) is 3. The molecule has 0 aliphatic carbocycles. The molecule has 0 radical (unpaired) electrons. The molecule has 2 N–H and O–H groups in total. The van der Waals surface area contributed by atoms with Gasteiger partial charge in [-0.1, -0.05) is 6.07 Å². The van der Waals surface area contributed by atoms with Gasteiger partial charge in [0.15, 0.2) is 0 Å². The van der Waals surface area contributed by atoms with E-state index in [1.807, 2.05) is 31.7 Å². The number of nitrogens with two attached hydrogens (primary N) is 1. The summed E-state index contributed by atoms with van der Waals surface area (Å²) in [5.41, 5.74) is 8.16. The summed E-state index contributed by atoms with van der Waals surface area (Å²) in [5.74, 6) is 0. The van der Waals surface area contributed by atoms with Crippen molar-refractivity contribution in [2.24, 2.45) is 5.73 Å². The summed E-state index contributed by atoms with van der Waals surface area (Å²) in [6.07, 6.45) is 8.28. The lowest BCUT2D eigenvalue weighted by Gasteiger charge is -2.10. The molecule has 0 unspecified atom stereocenters. The van der Waals surface area contributed by atoms with E-state index in [4.69, 9.17) is 5.73 Å². The lowest BCUT2D eigenvalue weighted by molar-refractivity contribution is 0.623. The molecular formula is C12H16N4. The molecule has 0 aromatic carbocycles. The Kier molecular flexibility index (Phi) is 3.31. The molecule has 2 aromatic rings. The van der Waals surface area contributed by atoms with Gasteiger partial charge >= 0.3 is 0 Å². The van der Waals surface area contributed by atoms with Gasteiger partial charge in [0.1, 0.15) is 0 Å². The van der Waals surface area contributed by atoms with E-state index < -0.39 is 0 Å². The van der Waals surface area contributed by atoms with Gasteiger partial charge in [-0.25, -0.2) is 4.98 Å². The van der Waals surface area contributed by atoms with Crippen LogP contribution in [-0.4, -0.2) is 14.5 Å². The van der Waals surface area contributed by atoms with Crippen LogP contribution in [0.15, 0.2) is 37.1 Å². The summed E-state index contributed by atoms with van der Waals surface area (Å²) < 4.78 is 2.09. The topological polar surface area (TPSA) is 56.7 Å². The molecule has 0 aliphatic heterocycles. The Morgan fingerprint density at radius 3 is 2.94 bits per heavy atom. The van der Waals surface area contributed by atoms with E-state index >= 15 is 0 Å². The molecule has 2 aromatic heterocycles. The van der Waals surface area contributed by atoms with E-state index in [0.29, 0.717) is 0 Å². The second-order valence-electron chi connectivity index (χ2n) is 3.91. The molecule has 0 aliphatic rings. The minimum absolute atomic E-state index is 0.0244. The third-order valence-corrected chi connectivity index (χ3v) is 2.58. The molecule has 0 saturated heterocycles. The van der Waals surface area contributed by atoms with Crippen LogP contribution in [0.2, 0.25) is 0 Å². The van der Waals surface area contributed by atoms with Gasteiger partial charge in [-0.2, -0.15) is 0 Å². The van der Waals surface area contributed by atoms with Crippen LogP contribution in [-0.2, 0) is 13.0 Å². The minimum atomic E-state index is 0.0244. The van der Waals surface area contributed by atoms with Gasteiger partial charge in [0.05, 0.1) is 12.0 Å². The van der Waals surface area contributed by atoms with Gasteiger partial charge in [0.25, 0.3) is 0 Å². The first-order valence-electron chi connectivity index (χ1n) is 5.42. The number of rotatable bonds is 4. The van der Waals surface area contributed by atoms with Crippen LogP contribution in [0.4, 0.5) is 0 Å². The summed E-state index contributed by atoms with van der Waals surface area (Å²) in [5, 5.41) is 0. The van der Waals surface area contributed by atoms with Gasteiger partial charge in [-0.05, 0) is 25.0 Å². The van der Waals surface area contributed by atoms with Crippen LogP contribution in [0.25, 0.3) is 0 Å². The summed E-state index contributed by atoms with van der Waals surface area (Å²) in [6.45, 7) is 2.86. The normalized spacial score (nSPS) is 12.6. The fourth-order valence-corrected chi connectivity index (χ4v) is 1.69. The smallest absolute Gasteiger partial charge is 0.0948 e. The maximum Gasteiger partial charge on any atom is 0.0948 e. The highest BCUT2D eigenvalue weighted by Crippen LogP contribution is 2.09. The van der Waals surface area contributed by atoms with Crippen molar-refractivity contribution >= 4 is 0 Å². The SMILES string of the molecule is C[C@H](N)c1cncn1CCc1cccnc1. The first kappa shape index (κ1) is 10.8. The Bertz CT molecular complexity index is 433. The predicted octanol–water partition coefficient (Wildman–Crippen LogP) is 1.54. The van der Waals surface area contributed by atoms with E-state index in [9.17, 15) is 0 Å². The highest BCUT2D eigenvalue weighted by molar-refractivity contribution is 5.09. The van der Waals surface area contributed by atoms with Gasteiger partial charge < -0.3 is 10.3 Å². The second-order valence-corrected chi connectivity index (χ2v) is 3.91. The van der Waals surface area contributed by atoms with E-state index in [-0.39, 0.29) is 6.04 Å². The van der Waals surface area contributed by atoms with Crippen LogP contribution in [0, 0.1) is 0 Å². The molecule has 0 saturated carbocycles. The minimum Gasteiger partial charge on any atom is -0.333 e. The standard InChI is InChI=1S/C12H16N4/c1-10(13)12-8-15-9-16(12)6-4-11-3-2-5-14-7-11/h2-3,5,7-10H,4,6,13H2,1H3/t10-/m0/s1. The van der Waals surface area contributed by atoms with E-state index in [0.717, 1.165) is 18.7 Å². The van der Waals surface area contributed by atoms with Crippen molar-refractivity contribution in [3.8, 4) is 0 Å². The molecule has 2 heterocycles. The summed E-state index contributed by atoms with van der Waals surface area (Å²) >= 11 is 0. The molecule has 0 amide bonds. The molecule has 0 fully saturated rings. The number of imidazole rings is 1. The Morgan fingerprint density at radius 1 is 1.38 bits per heavy atom. The number of aromatic nitrogens is 3. The van der Waals surface area contributed by atoms with Crippen molar-refractivity contribution in [3.63, 3.8) is 0 Å². The highest BCUT2D eigenvalue weighted by Gasteiger charge is 2.06. The zero-order valence-corrected chi connectivity index (χ0v) is 9.37. The molecule has 16 heavy (non-hydrogen) atoms. The van der Waals surface area contributed by atoms with Crippen molar-refractivity contribution in [2.75, 3.05) is 0 Å².